The lowest BCUT2D eigenvalue weighted by molar-refractivity contribution is -0.107. The summed E-state index contributed by atoms with van der Waals surface area (Å²) in [6.45, 7) is 0. The van der Waals surface area contributed by atoms with Crippen LogP contribution in [0.15, 0.2) is 30.3 Å². The fraction of sp³-hybridized carbons (Fsp3) is 0.222. The zero-order valence-corrected chi connectivity index (χ0v) is 9.45. The molecule has 0 amide bonds. The Bertz CT molecular complexity index is 248. The molecule has 12 heavy (non-hydrogen) atoms. The molecular formula is C9H8Br2O. The van der Waals surface area contributed by atoms with Gasteiger partial charge in [0.1, 0.15) is 6.29 Å². The standard InChI is InChI=1S/C9H8Br2O/c10-8(6-12)9(11)7-4-2-1-3-5-7/h1-6,8-9H/t8-,9-/m1/s1. The van der Waals surface area contributed by atoms with Gasteiger partial charge in [0.05, 0.1) is 9.65 Å². The van der Waals surface area contributed by atoms with Gasteiger partial charge in [-0.3, -0.25) is 0 Å². The van der Waals surface area contributed by atoms with E-state index in [0.29, 0.717) is 0 Å². The number of rotatable bonds is 3. The minimum Gasteiger partial charge on any atom is -0.302 e. The Morgan fingerprint density at radius 1 is 1.17 bits per heavy atom. The Balaban J connectivity index is 2.78. The van der Waals surface area contributed by atoms with Crippen LogP contribution in [0.4, 0.5) is 0 Å². The lowest BCUT2D eigenvalue weighted by Gasteiger charge is -2.10. The third kappa shape index (κ3) is 2.42. The van der Waals surface area contributed by atoms with Crippen molar-refractivity contribution in [3.8, 4) is 0 Å². The van der Waals surface area contributed by atoms with Gasteiger partial charge in [-0.1, -0.05) is 62.2 Å². The van der Waals surface area contributed by atoms with Crippen LogP contribution in [0.5, 0.6) is 0 Å². The van der Waals surface area contributed by atoms with Crippen molar-refractivity contribution in [1.82, 2.24) is 0 Å². The Morgan fingerprint density at radius 3 is 2.25 bits per heavy atom. The van der Waals surface area contributed by atoms with Crippen LogP contribution in [-0.4, -0.2) is 11.1 Å². The minimum atomic E-state index is -0.167. The van der Waals surface area contributed by atoms with Crippen LogP contribution in [0, 0.1) is 0 Å². The van der Waals surface area contributed by atoms with E-state index in [4.69, 9.17) is 0 Å². The second-order valence-electron chi connectivity index (χ2n) is 2.39. The molecule has 64 valence electrons. The van der Waals surface area contributed by atoms with Gasteiger partial charge in [0.25, 0.3) is 0 Å². The summed E-state index contributed by atoms with van der Waals surface area (Å²) in [5.74, 6) is 0. The first kappa shape index (κ1) is 9.93. The molecule has 0 bridgehead atoms. The van der Waals surface area contributed by atoms with Gasteiger partial charge in [-0.15, -0.1) is 0 Å². The van der Waals surface area contributed by atoms with E-state index in [1.165, 1.54) is 0 Å². The van der Waals surface area contributed by atoms with Crippen molar-refractivity contribution in [2.75, 3.05) is 0 Å². The number of halogens is 2. The Labute approximate surface area is 88.4 Å². The van der Waals surface area contributed by atoms with Crippen LogP contribution in [0.2, 0.25) is 0 Å². The highest BCUT2D eigenvalue weighted by Crippen LogP contribution is 2.29. The lowest BCUT2D eigenvalue weighted by Crippen LogP contribution is -2.06. The minimum absolute atomic E-state index is 0.0520. The van der Waals surface area contributed by atoms with Crippen molar-refractivity contribution in [2.45, 2.75) is 9.65 Å². The van der Waals surface area contributed by atoms with Crippen molar-refractivity contribution in [3.63, 3.8) is 0 Å². The SMILES string of the molecule is O=C[C@@H](Br)[C@H](Br)c1ccccc1. The van der Waals surface area contributed by atoms with E-state index in [0.717, 1.165) is 11.8 Å². The van der Waals surface area contributed by atoms with Gasteiger partial charge in [-0.05, 0) is 5.56 Å². The second kappa shape index (κ2) is 4.77. The molecule has 2 atom stereocenters. The summed E-state index contributed by atoms with van der Waals surface area (Å²) in [6.07, 6.45) is 0.881. The molecule has 0 aliphatic heterocycles. The van der Waals surface area contributed by atoms with Crippen LogP contribution < -0.4 is 0 Å². The van der Waals surface area contributed by atoms with Gasteiger partial charge in [-0.2, -0.15) is 0 Å². The van der Waals surface area contributed by atoms with Crippen molar-refractivity contribution in [1.29, 1.82) is 0 Å². The van der Waals surface area contributed by atoms with Gasteiger partial charge >= 0.3 is 0 Å². The van der Waals surface area contributed by atoms with Crippen molar-refractivity contribution >= 4 is 38.1 Å². The average Bonchev–Trinajstić information content (AvgIpc) is 2.17. The molecule has 0 fully saturated rings. The molecule has 0 aliphatic carbocycles. The Hall–Kier alpha value is -0.150. The summed E-state index contributed by atoms with van der Waals surface area (Å²) in [6, 6.07) is 9.82. The van der Waals surface area contributed by atoms with E-state index >= 15 is 0 Å². The summed E-state index contributed by atoms with van der Waals surface area (Å²) >= 11 is 6.70. The zero-order chi connectivity index (χ0) is 8.97. The summed E-state index contributed by atoms with van der Waals surface area (Å²) in [7, 11) is 0. The summed E-state index contributed by atoms with van der Waals surface area (Å²) in [5.41, 5.74) is 1.10. The van der Waals surface area contributed by atoms with Crippen molar-refractivity contribution in [3.05, 3.63) is 35.9 Å². The normalized spacial score (nSPS) is 15.2. The molecule has 1 aromatic carbocycles. The monoisotopic (exact) mass is 290 g/mol. The van der Waals surface area contributed by atoms with E-state index in [1.54, 1.807) is 0 Å². The Morgan fingerprint density at radius 2 is 1.75 bits per heavy atom. The van der Waals surface area contributed by atoms with Crippen LogP contribution >= 0.6 is 31.9 Å². The molecule has 0 saturated heterocycles. The van der Waals surface area contributed by atoms with Gasteiger partial charge in [0.15, 0.2) is 0 Å². The van der Waals surface area contributed by atoms with Crippen LogP contribution in [0.25, 0.3) is 0 Å². The first-order valence-corrected chi connectivity index (χ1v) is 5.37. The number of carbonyl (C=O) groups excluding carboxylic acids is 1. The fourth-order valence-electron chi connectivity index (χ4n) is 0.890. The number of carbonyl (C=O) groups is 1. The molecule has 0 heterocycles. The van der Waals surface area contributed by atoms with E-state index in [2.05, 4.69) is 31.9 Å². The van der Waals surface area contributed by atoms with Crippen LogP contribution in [0.3, 0.4) is 0 Å². The first-order valence-electron chi connectivity index (χ1n) is 3.54. The maximum atomic E-state index is 10.4. The van der Waals surface area contributed by atoms with E-state index < -0.39 is 0 Å². The highest BCUT2D eigenvalue weighted by atomic mass is 79.9. The molecule has 1 nitrogen and oxygen atoms in total. The number of alkyl halides is 2. The molecular weight excluding hydrogens is 284 g/mol. The topological polar surface area (TPSA) is 17.1 Å². The van der Waals surface area contributed by atoms with Crippen molar-refractivity contribution < 1.29 is 4.79 Å². The third-order valence-electron chi connectivity index (χ3n) is 1.53. The molecule has 0 aliphatic rings. The van der Waals surface area contributed by atoms with Gasteiger partial charge in [0, 0.05) is 0 Å². The number of benzene rings is 1. The molecule has 0 unspecified atom stereocenters. The third-order valence-corrected chi connectivity index (χ3v) is 4.08. The molecule has 0 N–H and O–H groups in total. The van der Waals surface area contributed by atoms with Crippen molar-refractivity contribution in [2.24, 2.45) is 0 Å². The summed E-state index contributed by atoms with van der Waals surface area (Å²) < 4.78 is 0. The smallest absolute Gasteiger partial charge is 0.135 e. The maximum Gasteiger partial charge on any atom is 0.135 e. The van der Waals surface area contributed by atoms with Crippen LogP contribution in [-0.2, 0) is 4.79 Å². The summed E-state index contributed by atoms with van der Waals surface area (Å²) in [5, 5.41) is 0. The lowest BCUT2D eigenvalue weighted by atomic mass is 10.1. The molecule has 0 saturated carbocycles. The number of hydrogen-bond donors (Lipinski definition) is 0. The second-order valence-corrected chi connectivity index (χ2v) is 4.44. The predicted octanol–water partition coefficient (Wildman–Crippen LogP) is 3.09. The molecule has 0 spiro atoms. The first-order chi connectivity index (χ1) is 5.75. The summed E-state index contributed by atoms with van der Waals surface area (Å²) in [4.78, 5) is 10.3. The van der Waals surface area contributed by atoms with Gasteiger partial charge < -0.3 is 4.79 Å². The average molecular weight is 292 g/mol. The highest BCUT2D eigenvalue weighted by molar-refractivity contribution is 9.12. The Kier molecular flexibility index (Phi) is 3.95. The highest BCUT2D eigenvalue weighted by Gasteiger charge is 2.15. The zero-order valence-electron chi connectivity index (χ0n) is 6.28. The predicted molar refractivity (Wildman–Crippen MR) is 56.9 cm³/mol. The van der Waals surface area contributed by atoms with Gasteiger partial charge in [0.2, 0.25) is 0 Å². The van der Waals surface area contributed by atoms with E-state index in [1.807, 2.05) is 30.3 Å². The van der Waals surface area contributed by atoms with Crippen LogP contribution in [0.1, 0.15) is 10.4 Å². The molecule has 1 aromatic rings. The molecule has 0 aromatic heterocycles. The largest absolute Gasteiger partial charge is 0.302 e. The van der Waals surface area contributed by atoms with E-state index in [-0.39, 0.29) is 9.65 Å². The molecule has 3 heteroatoms. The number of aldehydes is 1. The number of hydrogen-bond acceptors (Lipinski definition) is 1. The molecule has 1 rings (SSSR count). The molecule has 0 radical (unpaired) electrons. The quantitative estimate of drug-likeness (QED) is 0.618. The fourth-order valence-corrected chi connectivity index (χ4v) is 1.62. The van der Waals surface area contributed by atoms with Gasteiger partial charge in [-0.25, -0.2) is 0 Å². The van der Waals surface area contributed by atoms with E-state index in [9.17, 15) is 4.79 Å². The maximum absolute atomic E-state index is 10.4.